The van der Waals surface area contributed by atoms with Crippen LogP contribution >= 0.6 is 11.8 Å². The van der Waals surface area contributed by atoms with Gasteiger partial charge in [-0.25, -0.2) is 9.37 Å². The van der Waals surface area contributed by atoms with Gasteiger partial charge in [0.1, 0.15) is 5.82 Å². The minimum atomic E-state index is -0.529. The van der Waals surface area contributed by atoms with Crippen molar-refractivity contribution in [1.29, 1.82) is 0 Å². The second kappa shape index (κ2) is 8.01. The molecule has 6 heteroatoms. The van der Waals surface area contributed by atoms with Crippen molar-refractivity contribution < 1.29 is 9.18 Å². The molecule has 1 aromatic heterocycles. The lowest BCUT2D eigenvalue weighted by Crippen LogP contribution is -2.23. The molecule has 144 valence electrons. The van der Waals surface area contributed by atoms with Gasteiger partial charge >= 0.3 is 0 Å². The molecule has 0 aliphatic carbocycles. The number of Topliss-reactive ketones (excluding diaryl/α,β-unsaturated/α-hetero) is 1. The molecule has 0 radical (unpaired) electrons. The molecule has 0 aliphatic heterocycles. The molecule has 0 fully saturated rings. The van der Waals surface area contributed by atoms with Crippen LogP contribution in [0.3, 0.4) is 0 Å². The van der Waals surface area contributed by atoms with Crippen LogP contribution in [0.2, 0.25) is 0 Å². The second-order valence-electron chi connectivity index (χ2n) is 6.58. The number of hydrogen-bond acceptors (Lipinski definition) is 4. The molecule has 0 saturated heterocycles. The van der Waals surface area contributed by atoms with E-state index in [1.165, 1.54) is 16.7 Å². The van der Waals surface area contributed by atoms with Crippen molar-refractivity contribution in [3.8, 4) is 5.69 Å². The predicted octanol–water partition coefficient (Wildman–Crippen LogP) is 4.81. The summed E-state index contributed by atoms with van der Waals surface area (Å²) in [6.45, 7) is 1.95. The van der Waals surface area contributed by atoms with Gasteiger partial charge in [0.05, 0.1) is 22.3 Å². The van der Waals surface area contributed by atoms with E-state index in [4.69, 9.17) is 0 Å². The number of rotatable bonds is 5. The van der Waals surface area contributed by atoms with E-state index in [1.807, 2.05) is 19.1 Å². The fourth-order valence-corrected chi connectivity index (χ4v) is 3.91. The number of benzene rings is 3. The van der Waals surface area contributed by atoms with Gasteiger partial charge in [0.25, 0.3) is 5.56 Å². The van der Waals surface area contributed by atoms with Crippen LogP contribution in [0, 0.1) is 12.7 Å². The van der Waals surface area contributed by atoms with E-state index in [2.05, 4.69) is 4.98 Å². The number of ketones is 1. The maximum atomic E-state index is 14.5. The molecule has 29 heavy (non-hydrogen) atoms. The monoisotopic (exact) mass is 404 g/mol. The predicted molar refractivity (Wildman–Crippen MR) is 114 cm³/mol. The molecule has 4 aromatic rings. The highest BCUT2D eigenvalue weighted by molar-refractivity contribution is 7.99. The van der Waals surface area contributed by atoms with Gasteiger partial charge in [0.15, 0.2) is 10.9 Å². The van der Waals surface area contributed by atoms with Crippen molar-refractivity contribution >= 4 is 28.4 Å². The summed E-state index contributed by atoms with van der Waals surface area (Å²) in [5.74, 6) is -0.529. The quantitative estimate of drug-likeness (QED) is 0.272. The van der Waals surface area contributed by atoms with E-state index in [0.29, 0.717) is 16.5 Å². The van der Waals surface area contributed by atoms with Crippen LogP contribution < -0.4 is 5.56 Å². The van der Waals surface area contributed by atoms with Crippen LogP contribution in [0.1, 0.15) is 15.9 Å². The Morgan fingerprint density at radius 2 is 1.69 bits per heavy atom. The molecule has 0 aliphatic rings. The highest BCUT2D eigenvalue weighted by Crippen LogP contribution is 2.23. The van der Waals surface area contributed by atoms with Crippen LogP contribution in [0.25, 0.3) is 16.6 Å². The standard InChI is InChI=1S/C23H17FN2O2S/c1-15-10-12-16(13-11-15)21(27)14-29-23-25-19-8-4-2-6-17(19)22(28)26(23)20-9-5-3-7-18(20)24/h2-13H,14H2,1H3. The first-order chi connectivity index (χ1) is 14.0. The van der Waals surface area contributed by atoms with E-state index in [-0.39, 0.29) is 27.9 Å². The molecule has 1 heterocycles. The summed E-state index contributed by atoms with van der Waals surface area (Å²) >= 11 is 1.12. The van der Waals surface area contributed by atoms with Gasteiger partial charge in [-0.15, -0.1) is 0 Å². The summed E-state index contributed by atoms with van der Waals surface area (Å²) in [4.78, 5) is 30.2. The Morgan fingerprint density at radius 1 is 1.00 bits per heavy atom. The summed E-state index contributed by atoms with van der Waals surface area (Å²) in [5.41, 5.74) is 1.91. The Balaban J connectivity index is 1.77. The van der Waals surface area contributed by atoms with Gasteiger partial charge in [-0.05, 0) is 31.2 Å². The highest BCUT2D eigenvalue weighted by Gasteiger charge is 2.17. The zero-order chi connectivity index (χ0) is 20.4. The fourth-order valence-electron chi connectivity index (χ4n) is 3.01. The number of carbonyl (C=O) groups excluding carboxylic acids is 1. The van der Waals surface area contributed by atoms with Crippen LogP contribution in [0.15, 0.2) is 82.7 Å². The van der Waals surface area contributed by atoms with Crippen molar-refractivity contribution in [2.75, 3.05) is 5.75 Å². The Labute approximate surface area is 171 Å². The normalized spacial score (nSPS) is 11.0. The first-order valence-electron chi connectivity index (χ1n) is 9.04. The largest absolute Gasteiger partial charge is 0.293 e. The number of halogens is 1. The number of aromatic nitrogens is 2. The van der Waals surface area contributed by atoms with Crippen molar-refractivity contribution in [3.05, 3.63) is 100 Å². The van der Waals surface area contributed by atoms with Gasteiger partial charge in [0, 0.05) is 5.56 Å². The number of hydrogen-bond donors (Lipinski definition) is 0. The number of thioether (sulfide) groups is 1. The molecule has 0 spiro atoms. The summed E-state index contributed by atoms with van der Waals surface area (Å²) in [7, 11) is 0. The lowest BCUT2D eigenvalue weighted by atomic mass is 10.1. The van der Waals surface area contributed by atoms with Crippen molar-refractivity contribution in [3.63, 3.8) is 0 Å². The van der Waals surface area contributed by atoms with E-state index >= 15 is 0 Å². The van der Waals surface area contributed by atoms with Crippen LogP contribution in [0.5, 0.6) is 0 Å². The van der Waals surface area contributed by atoms with Gasteiger partial charge < -0.3 is 0 Å². The minimum Gasteiger partial charge on any atom is -0.293 e. The SMILES string of the molecule is Cc1ccc(C(=O)CSc2nc3ccccc3c(=O)n2-c2ccccc2F)cc1. The second-order valence-corrected chi connectivity index (χ2v) is 7.52. The van der Waals surface area contributed by atoms with E-state index in [0.717, 1.165) is 17.3 Å². The van der Waals surface area contributed by atoms with Crippen molar-refractivity contribution in [1.82, 2.24) is 9.55 Å². The number of fused-ring (bicyclic) bond motifs is 1. The molecule has 4 nitrogen and oxygen atoms in total. The van der Waals surface area contributed by atoms with Gasteiger partial charge in [0.2, 0.25) is 0 Å². The van der Waals surface area contributed by atoms with E-state index in [9.17, 15) is 14.0 Å². The molecule has 0 atom stereocenters. The molecule has 3 aromatic carbocycles. The average molecular weight is 404 g/mol. The van der Waals surface area contributed by atoms with Crippen molar-refractivity contribution in [2.24, 2.45) is 0 Å². The van der Waals surface area contributed by atoms with Gasteiger partial charge in [-0.2, -0.15) is 0 Å². The number of para-hydroxylation sites is 2. The summed E-state index contributed by atoms with van der Waals surface area (Å²) in [5, 5.41) is 0.671. The summed E-state index contributed by atoms with van der Waals surface area (Å²) in [6.07, 6.45) is 0. The third kappa shape index (κ3) is 3.84. The zero-order valence-corrected chi connectivity index (χ0v) is 16.4. The minimum absolute atomic E-state index is 0.0856. The Hall–Kier alpha value is -3.25. The summed E-state index contributed by atoms with van der Waals surface area (Å²) in [6, 6.07) is 20.3. The molecule has 0 amide bonds. The molecule has 0 N–H and O–H groups in total. The van der Waals surface area contributed by atoms with Gasteiger partial charge in [-0.3, -0.25) is 14.2 Å². The van der Waals surface area contributed by atoms with E-state index in [1.54, 1.807) is 48.5 Å². The molecule has 4 rings (SSSR count). The van der Waals surface area contributed by atoms with Crippen LogP contribution in [-0.2, 0) is 0 Å². The fraction of sp³-hybridized carbons (Fsp3) is 0.0870. The first-order valence-corrected chi connectivity index (χ1v) is 10.0. The number of carbonyl (C=O) groups is 1. The molecular formula is C23H17FN2O2S. The smallest absolute Gasteiger partial charge is 0.266 e. The molecule has 0 saturated carbocycles. The average Bonchev–Trinajstić information content (AvgIpc) is 2.73. The zero-order valence-electron chi connectivity index (χ0n) is 15.6. The maximum Gasteiger partial charge on any atom is 0.266 e. The third-order valence-corrected chi connectivity index (χ3v) is 5.48. The topological polar surface area (TPSA) is 52.0 Å². The Morgan fingerprint density at radius 3 is 2.45 bits per heavy atom. The molecular weight excluding hydrogens is 387 g/mol. The van der Waals surface area contributed by atoms with Crippen molar-refractivity contribution in [2.45, 2.75) is 12.1 Å². The van der Waals surface area contributed by atoms with E-state index < -0.39 is 5.82 Å². The summed E-state index contributed by atoms with van der Waals surface area (Å²) < 4.78 is 15.7. The third-order valence-electron chi connectivity index (χ3n) is 4.54. The lowest BCUT2D eigenvalue weighted by molar-refractivity contribution is 0.102. The number of aryl methyl sites for hydroxylation is 1. The highest BCUT2D eigenvalue weighted by atomic mass is 32.2. The van der Waals surface area contributed by atoms with Crippen LogP contribution in [0.4, 0.5) is 4.39 Å². The van der Waals surface area contributed by atoms with Crippen LogP contribution in [-0.4, -0.2) is 21.1 Å². The maximum absolute atomic E-state index is 14.5. The molecule has 0 unspecified atom stereocenters. The first kappa shape index (κ1) is 19.1. The molecule has 0 bridgehead atoms. The lowest BCUT2D eigenvalue weighted by Gasteiger charge is -2.13. The Bertz CT molecular complexity index is 1270. The van der Waals surface area contributed by atoms with Gasteiger partial charge in [-0.1, -0.05) is 65.9 Å². The Kier molecular flexibility index (Phi) is 5.27. The number of nitrogens with zero attached hydrogens (tertiary/aromatic N) is 2.